The highest BCUT2D eigenvalue weighted by Gasteiger charge is 2.23. The van der Waals surface area contributed by atoms with E-state index in [1.807, 2.05) is 9.95 Å². The van der Waals surface area contributed by atoms with Gasteiger partial charge in [-0.2, -0.15) is 0 Å². The van der Waals surface area contributed by atoms with E-state index in [9.17, 15) is 4.39 Å². The van der Waals surface area contributed by atoms with Gasteiger partial charge in [0.15, 0.2) is 5.13 Å². The zero-order chi connectivity index (χ0) is 11.7. The fourth-order valence-corrected chi connectivity index (χ4v) is 2.69. The van der Waals surface area contributed by atoms with Gasteiger partial charge in [-0.3, -0.25) is 0 Å². The number of rotatable bonds is 4. The van der Waals surface area contributed by atoms with Crippen LogP contribution in [0.3, 0.4) is 0 Å². The maximum Gasteiger partial charge on any atom is 0.182 e. The van der Waals surface area contributed by atoms with Gasteiger partial charge in [-0.05, 0) is 0 Å². The van der Waals surface area contributed by atoms with Crippen molar-refractivity contribution in [2.75, 3.05) is 11.9 Å². The third-order valence-electron chi connectivity index (χ3n) is 2.91. The molecule has 0 spiro atoms. The van der Waals surface area contributed by atoms with Crippen molar-refractivity contribution in [3.8, 4) is 0 Å². The number of anilines is 1. The molecule has 0 saturated carbocycles. The van der Waals surface area contributed by atoms with Gasteiger partial charge in [-0.1, -0.05) is 0 Å². The Morgan fingerprint density at radius 1 is 1.53 bits per heavy atom. The fourth-order valence-electron chi connectivity index (χ4n) is 2.14. The minimum absolute atomic E-state index is 0.461. The number of imidazole rings is 1. The highest BCUT2D eigenvalue weighted by molar-refractivity contribution is 7.13. The van der Waals surface area contributed by atoms with E-state index in [-0.39, 0.29) is 0 Å². The Hall–Kier alpha value is -1.43. The molecule has 0 aromatic carbocycles. The van der Waals surface area contributed by atoms with Crippen LogP contribution in [0.1, 0.15) is 11.4 Å². The maximum absolute atomic E-state index is 13.2. The van der Waals surface area contributed by atoms with Crippen LogP contribution in [0.4, 0.5) is 9.52 Å². The minimum atomic E-state index is -0.737. The predicted molar refractivity (Wildman–Crippen MR) is 65.1 cm³/mol. The Kier molecular flexibility index (Phi) is 2.80. The number of aromatic nitrogens is 3. The summed E-state index contributed by atoms with van der Waals surface area (Å²) in [6.45, 7) is 1.25. The van der Waals surface area contributed by atoms with Crippen LogP contribution in [0.2, 0.25) is 0 Å². The van der Waals surface area contributed by atoms with E-state index < -0.39 is 6.17 Å². The molecule has 0 radical (unpaired) electrons. The lowest BCUT2D eigenvalue weighted by Gasteiger charge is -2.02. The maximum atomic E-state index is 13.2. The molecule has 4 nitrogen and oxygen atoms in total. The zero-order valence-electron chi connectivity index (χ0n) is 9.27. The summed E-state index contributed by atoms with van der Waals surface area (Å²) in [5.41, 5.74) is 2.06. The summed E-state index contributed by atoms with van der Waals surface area (Å²) in [4.78, 5) is 8.47. The van der Waals surface area contributed by atoms with Crippen molar-refractivity contribution in [1.82, 2.24) is 14.5 Å². The average molecular weight is 252 g/mol. The number of fused-ring (bicyclic) bond motifs is 1. The average Bonchev–Trinajstić information content (AvgIpc) is 2.97. The second kappa shape index (κ2) is 4.44. The van der Waals surface area contributed by atoms with E-state index in [0.717, 1.165) is 29.5 Å². The molecule has 1 atom stereocenters. The van der Waals surface area contributed by atoms with E-state index in [4.69, 9.17) is 0 Å². The van der Waals surface area contributed by atoms with Crippen LogP contribution in [0.15, 0.2) is 17.9 Å². The number of alkyl halides is 1. The van der Waals surface area contributed by atoms with E-state index >= 15 is 0 Å². The Labute approximate surface area is 103 Å². The summed E-state index contributed by atoms with van der Waals surface area (Å²) >= 11 is 1.58. The third kappa shape index (κ3) is 2.17. The molecule has 1 N–H and O–H groups in total. The van der Waals surface area contributed by atoms with Crippen LogP contribution in [0.25, 0.3) is 0 Å². The summed E-state index contributed by atoms with van der Waals surface area (Å²) in [6, 6.07) is 0. The summed E-state index contributed by atoms with van der Waals surface area (Å²) in [6.07, 6.45) is 4.10. The second-order valence-corrected chi connectivity index (χ2v) is 5.00. The molecule has 2 aromatic rings. The minimum Gasteiger partial charge on any atom is -0.361 e. The fraction of sp³-hybridized carbons (Fsp3) is 0.455. The number of halogens is 1. The van der Waals surface area contributed by atoms with E-state index in [1.54, 1.807) is 23.9 Å². The summed E-state index contributed by atoms with van der Waals surface area (Å²) in [7, 11) is 0. The lowest BCUT2D eigenvalue weighted by atomic mass is 10.2. The van der Waals surface area contributed by atoms with E-state index in [2.05, 4.69) is 15.3 Å². The molecule has 17 heavy (non-hydrogen) atoms. The van der Waals surface area contributed by atoms with Gasteiger partial charge in [0.05, 0.1) is 18.6 Å². The number of nitrogens with one attached hydrogen (secondary N) is 1. The van der Waals surface area contributed by atoms with Crippen LogP contribution in [-0.4, -0.2) is 27.3 Å². The number of thiazole rings is 1. The van der Waals surface area contributed by atoms with Crippen LogP contribution < -0.4 is 5.32 Å². The Morgan fingerprint density at radius 2 is 2.47 bits per heavy atom. The molecular formula is C11H13FN4S. The molecule has 0 saturated heterocycles. The normalized spacial score (nSPS) is 18.3. The predicted octanol–water partition coefficient (Wildman–Crippen LogP) is 1.89. The first kappa shape index (κ1) is 10.7. The number of nitrogens with zero attached hydrogens (tertiary/aromatic N) is 3. The lowest BCUT2D eigenvalue weighted by molar-refractivity contribution is 0.328. The van der Waals surface area contributed by atoms with Crippen molar-refractivity contribution in [2.45, 2.75) is 25.6 Å². The van der Waals surface area contributed by atoms with Crippen LogP contribution in [-0.2, 0) is 19.4 Å². The van der Waals surface area contributed by atoms with Gasteiger partial charge in [0.2, 0.25) is 0 Å². The van der Waals surface area contributed by atoms with Gasteiger partial charge in [0.25, 0.3) is 0 Å². The first-order valence-corrected chi connectivity index (χ1v) is 6.51. The quantitative estimate of drug-likeness (QED) is 0.903. The van der Waals surface area contributed by atoms with E-state index in [1.165, 1.54) is 0 Å². The first-order chi connectivity index (χ1) is 8.33. The number of hydrogen-bond acceptors (Lipinski definition) is 4. The third-order valence-corrected chi connectivity index (χ3v) is 3.64. The van der Waals surface area contributed by atoms with Crippen LogP contribution in [0, 0.1) is 0 Å². The SMILES string of the molecule is F[C@@H]1Cc2c(CCNc3nccs3)ncn2C1. The van der Waals surface area contributed by atoms with Crippen molar-refractivity contribution >= 4 is 16.5 Å². The molecule has 6 heteroatoms. The van der Waals surface area contributed by atoms with Gasteiger partial charge in [0.1, 0.15) is 6.17 Å². The first-order valence-electron chi connectivity index (χ1n) is 5.63. The molecule has 90 valence electrons. The highest BCUT2D eigenvalue weighted by atomic mass is 32.1. The molecular weight excluding hydrogens is 239 g/mol. The molecule has 0 unspecified atom stereocenters. The molecule has 2 aromatic heterocycles. The lowest BCUT2D eigenvalue weighted by Crippen LogP contribution is -2.07. The Balaban J connectivity index is 1.59. The van der Waals surface area contributed by atoms with Gasteiger partial charge >= 0.3 is 0 Å². The molecule has 3 heterocycles. The van der Waals surface area contributed by atoms with Gasteiger partial charge in [-0.25, -0.2) is 14.4 Å². The summed E-state index contributed by atoms with van der Waals surface area (Å²) in [5, 5.41) is 6.09. The largest absolute Gasteiger partial charge is 0.361 e. The van der Waals surface area contributed by atoms with Crippen LogP contribution in [0.5, 0.6) is 0 Å². The van der Waals surface area contributed by atoms with Gasteiger partial charge in [0, 0.05) is 36.7 Å². The second-order valence-electron chi connectivity index (χ2n) is 4.11. The van der Waals surface area contributed by atoms with Gasteiger partial charge in [-0.15, -0.1) is 11.3 Å². The van der Waals surface area contributed by atoms with Crippen molar-refractivity contribution < 1.29 is 4.39 Å². The molecule has 0 bridgehead atoms. The van der Waals surface area contributed by atoms with Crippen molar-refractivity contribution in [3.63, 3.8) is 0 Å². The van der Waals surface area contributed by atoms with Crippen LogP contribution >= 0.6 is 11.3 Å². The molecule has 3 rings (SSSR count). The van der Waals surface area contributed by atoms with Crippen molar-refractivity contribution in [3.05, 3.63) is 29.3 Å². The monoisotopic (exact) mass is 252 g/mol. The summed E-state index contributed by atoms with van der Waals surface area (Å²) in [5.74, 6) is 0. The van der Waals surface area contributed by atoms with E-state index in [0.29, 0.717) is 13.0 Å². The molecule has 0 fully saturated rings. The topological polar surface area (TPSA) is 42.7 Å². The molecule has 1 aliphatic rings. The van der Waals surface area contributed by atoms with Crippen molar-refractivity contribution in [1.29, 1.82) is 0 Å². The van der Waals surface area contributed by atoms with Crippen molar-refractivity contribution in [2.24, 2.45) is 0 Å². The highest BCUT2D eigenvalue weighted by Crippen LogP contribution is 2.21. The summed E-state index contributed by atoms with van der Waals surface area (Å²) < 4.78 is 15.1. The number of hydrogen-bond donors (Lipinski definition) is 1. The smallest absolute Gasteiger partial charge is 0.182 e. The Morgan fingerprint density at radius 3 is 3.29 bits per heavy atom. The molecule has 1 aliphatic heterocycles. The molecule has 0 amide bonds. The zero-order valence-corrected chi connectivity index (χ0v) is 10.1. The van der Waals surface area contributed by atoms with Gasteiger partial charge < -0.3 is 9.88 Å². The Bertz CT molecular complexity index is 494. The standard InChI is InChI=1S/C11H13FN4S/c12-8-5-10-9(15-7-16(10)6-8)1-2-13-11-14-3-4-17-11/h3-4,7-8H,1-2,5-6H2,(H,13,14)/t8-/m1/s1. The molecule has 0 aliphatic carbocycles.